The number of aliphatic imine (C=N–C) groups is 1. The Morgan fingerprint density at radius 3 is 2.81 bits per heavy atom. The Hall–Kier alpha value is -2.62. The van der Waals surface area contributed by atoms with E-state index in [1.807, 2.05) is 23.0 Å². The Morgan fingerprint density at radius 1 is 1.19 bits per heavy atom. The van der Waals surface area contributed by atoms with Gasteiger partial charge in [0.15, 0.2) is 0 Å². The summed E-state index contributed by atoms with van der Waals surface area (Å²) in [6.07, 6.45) is 6.04. The zero-order valence-electron chi connectivity index (χ0n) is 19.7. The molecule has 2 aromatic carbocycles. The molecule has 10 heteroatoms. The Bertz CT molecular complexity index is 1330. The molecule has 1 fully saturated rings. The summed E-state index contributed by atoms with van der Waals surface area (Å²) in [6.45, 7) is 3.03. The summed E-state index contributed by atoms with van der Waals surface area (Å²) >= 11 is 14.0. The van der Waals surface area contributed by atoms with E-state index in [0.29, 0.717) is 23.2 Å². The van der Waals surface area contributed by atoms with Crippen LogP contribution in [0.4, 0.5) is 5.69 Å². The maximum absolute atomic E-state index is 6.37. The predicted molar refractivity (Wildman–Crippen MR) is 142 cm³/mol. The van der Waals surface area contributed by atoms with Crippen LogP contribution in [-0.4, -0.2) is 38.2 Å². The molecule has 2 aromatic heterocycles. The number of fused-ring (bicyclic) bond motifs is 1. The first-order valence-corrected chi connectivity index (χ1v) is 13.4. The number of halogens is 2. The molecule has 0 amide bonds. The molecule has 2 aliphatic heterocycles. The van der Waals surface area contributed by atoms with Crippen LogP contribution in [0, 0.1) is 0 Å². The molecule has 0 saturated carbocycles. The highest BCUT2D eigenvalue weighted by molar-refractivity contribution is 7.07. The smallest absolute Gasteiger partial charge is 0.217 e. The lowest BCUT2D eigenvalue weighted by atomic mass is 10.1. The number of thiazole rings is 1. The van der Waals surface area contributed by atoms with Gasteiger partial charge in [0, 0.05) is 22.4 Å². The second kappa shape index (κ2) is 11.2. The van der Waals surface area contributed by atoms with Gasteiger partial charge in [0.05, 0.1) is 40.3 Å². The van der Waals surface area contributed by atoms with E-state index in [1.54, 1.807) is 34.5 Å². The third kappa shape index (κ3) is 5.53. The third-order valence-electron chi connectivity index (χ3n) is 5.98. The van der Waals surface area contributed by atoms with Crippen molar-refractivity contribution in [1.29, 1.82) is 0 Å². The first-order chi connectivity index (χ1) is 17.6. The van der Waals surface area contributed by atoms with Gasteiger partial charge in [-0.1, -0.05) is 60.8 Å². The van der Waals surface area contributed by atoms with E-state index in [4.69, 9.17) is 32.7 Å². The van der Waals surface area contributed by atoms with Crippen LogP contribution in [-0.2, 0) is 28.2 Å². The first-order valence-electron chi connectivity index (χ1n) is 11.7. The Kier molecular flexibility index (Phi) is 7.79. The summed E-state index contributed by atoms with van der Waals surface area (Å²) in [5, 5.41) is 7.29. The van der Waals surface area contributed by atoms with Crippen molar-refractivity contribution >= 4 is 45.9 Å². The topological polar surface area (TPSA) is 74.4 Å². The van der Waals surface area contributed by atoms with Crippen molar-refractivity contribution in [3.8, 4) is 0 Å². The zero-order valence-corrected chi connectivity index (χ0v) is 22.0. The van der Waals surface area contributed by atoms with E-state index in [1.165, 1.54) is 11.9 Å². The average Bonchev–Trinajstić information content (AvgIpc) is 3.67. The molecule has 4 aromatic rings. The molecule has 1 saturated heterocycles. The van der Waals surface area contributed by atoms with Gasteiger partial charge < -0.3 is 9.47 Å². The number of hydrogen-bond acceptors (Lipinski definition) is 7. The number of benzene rings is 2. The van der Waals surface area contributed by atoms with Crippen LogP contribution in [0.5, 0.6) is 0 Å². The van der Waals surface area contributed by atoms with Crippen molar-refractivity contribution in [3.63, 3.8) is 0 Å². The van der Waals surface area contributed by atoms with Gasteiger partial charge >= 0.3 is 0 Å². The quantitative estimate of drug-likeness (QED) is 0.279. The van der Waals surface area contributed by atoms with Crippen LogP contribution in [0.25, 0.3) is 0 Å². The molecule has 2 unspecified atom stereocenters. The van der Waals surface area contributed by atoms with Crippen molar-refractivity contribution in [3.05, 3.63) is 92.9 Å². The first kappa shape index (κ1) is 25.0. The van der Waals surface area contributed by atoms with Crippen LogP contribution in [0.1, 0.15) is 36.6 Å². The third-order valence-corrected chi connectivity index (χ3v) is 7.12. The SMILES string of the molecule is CCCC1COC(Cn2cncn2)(c2ccc(Cl)cc2Cl)O1.c1ccc2c(c1)CC(c1cscn1)=N2. The highest BCUT2D eigenvalue weighted by Gasteiger charge is 2.45. The second-order valence-electron chi connectivity index (χ2n) is 8.55. The van der Waals surface area contributed by atoms with Crippen molar-refractivity contribution in [2.45, 2.75) is 44.6 Å². The van der Waals surface area contributed by atoms with E-state index >= 15 is 0 Å². The molecule has 4 heterocycles. The number of ether oxygens (including phenoxy) is 2. The summed E-state index contributed by atoms with van der Waals surface area (Å²) in [4.78, 5) is 12.8. The van der Waals surface area contributed by atoms with E-state index < -0.39 is 5.79 Å². The van der Waals surface area contributed by atoms with Gasteiger partial charge in [0.2, 0.25) is 5.79 Å². The van der Waals surface area contributed by atoms with Gasteiger partial charge in [-0.15, -0.1) is 11.3 Å². The van der Waals surface area contributed by atoms with Crippen LogP contribution in [0.3, 0.4) is 0 Å². The lowest BCUT2D eigenvalue weighted by molar-refractivity contribution is -0.189. The summed E-state index contributed by atoms with van der Waals surface area (Å²) in [5.41, 5.74) is 7.11. The fraction of sp³-hybridized carbons (Fsp3) is 0.308. The summed E-state index contributed by atoms with van der Waals surface area (Å²) in [7, 11) is 0. The van der Waals surface area contributed by atoms with Gasteiger partial charge in [-0.25, -0.2) is 14.6 Å². The maximum atomic E-state index is 6.37. The molecule has 2 atom stereocenters. The highest BCUT2D eigenvalue weighted by Crippen LogP contribution is 2.41. The fourth-order valence-corrected chi connectivity index (χ4v) is 5.42. The van der Waals surface area contributed by atoms with E-state index in [-0.39, 0.29) is 6.10 Å². The average molecular weight is 542 g/mol. The summed E-state index contributed by atoms with van der Waals surface area (Å²) in [5.74, 6) is -0.963. The molecule has 36 heavy (non-hydrogen) atoms. The van der Waals surface area contributed by atoms with E-state index in [0.717, 1.165) is 41.9 Å². The van der Waals surface area contributed by atoms with Crippen molar-refractivity contribution < 1.29 is 9.47 Å². The molecule has 7 nitrogen and oxygen atoms in total. The molecule has 0 N–H and O–H groups in total. The van der Waals surface area contributed by atoms with Crippen molar-refractivity contribution in [2.75, 3.05) is 6.61 Å². The summed E-state index contributed by atoms with van der Waals surface area (Å²) < 4.78 is 14.0. The standard InChI is InChI=1S/C15H17Cl2N3O2.C11H8N2S/c1-2-3-12-7-21-15(22-12,8-20-10-18-9-19-20)13-5-4-11(16)6-14(13)17;1-2-4-9-8(3-1)5-10(13-9)11-6-14-7-12-11/h4-6,9-10,12H,2-3,7-8H2,1H3;1-4,6-7H,5H2. The Labute approximate surface area is 223 Å². The molecule has 0 bridgehead atoms. The minimum Gasteiger partial charge on any atom is -0.342 e. The normalized spacial score (nSPS) is 20.5. The van der Waals surface area contributed by atoms with Crippen LogP contribution in [0.2, 0.25) is 10.0 Å². The lowest BCUT2D eigenvalue weighted by Gasteiger charge is -2.29. The van der Waals surface area contributed by atoms with Crippen molar-refractivity contribution in [2.24, 2.45) is 4.99 Å². The van der Waals surface area contributed by atoms with Crippen LogP contribution in [0.15, 0.2) is 71.0 Å². The molecule has 0 radical (unpaired) electrons. The largest absolute Gasteiger partial charge is 0.342 e. The molecule has 6 rings (SSSR count). The van der Waals surface area contributed by atoms with Crippen molar-refractivity contribution in [1.82, 2.24) is 19.7 Å². The van der Waals surface area contributed by atoms with Gasteiger partial charge in [0.1, 0.15) is 19.2 Å². The van der Waals surface area contributed by atoms with E-state index in [2.05, 4.69) is 45.2 Å². The van der Waals surface area contributed by atoms with E-state index in [9.17, 15) is 0 Å². The molecule has 2 aliphatic rings. The molecule has 186 valence electrons. The minimum absolute atomic E-state index is 0.0419. The minimum atomic E-state index is -0.963. The predicted octanol–water partition coefficient (Wildman–Crippen LogP) is 6.47. The fourth-order valence-electron chi connectivity index (χ4n) is 4.30. The van der Waals surface area contributed by atoms with Gasteiger partial charge in [-0.05, 0) is 30.2 Å². The number of nitrogens with zero attached hydrogens (tertiary/aromatic N) is 5. The Balaban J connectivity index is 0.000000163. The van der Waals surface area contributed by atoms with Crippen LogP contribution >= 0.6 is 34.5 Å². The molecule has 0 spiro atoms. The number of hydrogen-bond donors (Lipinski definition) is 0. The number of para-hydroxylation sites is 1. The Morgan fingerprint density at radius 2 is 2.08 bits per heavy atom. The monoisotopic (exact) mass is 541 g/mol. The van der Waals surface area contributed by atoms with Gasteiger partial charge in [0.25, 0.3) is 0 Å². The maximum Gasteiger partial charge on any atom is 0.217 e. The highest BCUT2D eigenvalue weighted by atomic mass is 35.5. The number of rotatable bonds is 6. The number of aromatic nitrogens is 4. The zero-order chi connectivity index (χ0) is 25.0. The van der Waals surface area contributed by atoms with Crippen LogP contribution < -0.4 is 0 Å². The lowest BCUT2D eigenvalue weighted by Crippen LogP contribution is -2.34. The molecule has 0 aliphatic carbocycles. The second-order valence-corrected chi connectivity index (χ2v) is 10.1. The van der Waals surface area contributed by atoms with Gasteiger partial charge in [-0.2, -0.15) is 5.10 Å². The summed E-state index contributed by atoms with van der Waals surface area (Å²) in [6, 6.07) is 13.6. The molecular weight excluding hydrogens is 517 g/mol. The van der Waals surface area contributed by atoms with Gasteiger partial charge in [-0.3, -0.25) is 4.99 Å². The molecular formula is C26H25Cl2N5O2S.